The molecule has 0 aliphatic carbocycles. The number of benzene rings is 2. The van der Waals surface area contributed by atoms with Crippen molar-refractivity contribution in [2.45, 2.75) is 23.6 Å². The predicted octanol–water partition coefficient (Wildman–Crippen LogP) is 7.95. The molecule has 3 aromatic heterocycles. The Hall–Kier alpha value is -4.38. The first-order valence-electron chi connectivity index (χ1n) is 13.3. The summed E-state index contributed by atoms with van der Waals surface area (Å²) >= 11 is 3.55. The van der Waals surface area contributed by atoms with Crippen LogP contribution in [-0.4, -0.2) is 34.0 Å². The van der Waals surface area contributed by atoms with E-state index in [2.05, 4.69) is 0 Å². The summed E-state index contributed by atoms with van der Waals surface area (Å²) in [5, 5.41) is -0.282. The Labute approximate surface area is 257 Å². The molecule has 43 heavy (non-hydrogen) atoms. The van der Waals surface area contributed by atoms with Gasteiger partial charge in [-0.25, -0.2) is 0 Å². The number of aryl methyl sites for hydroxylation is 2. The summed E-state index contributed by atoms with van der Waals surface area (Å²) in [6.45, 7) is 3.80. The minimum absolute atomic E-state index is 0.122. The summed E-state index contributed by atoms with van der Waals surface area (Å²) in [4.78, 5) is 56.3. The lowest BCUT2D eigenvalue weighted by Crippen LogP contribution is -2.24. The summed E-state index contributed by atoms with van der Waals surface area (Å²) in [6.07, 6.45) is 0. The summed E-state index contributed by atoms with van der Waals surface area (Å²) in [6, 6.07) is 18.6. The number of fused-ring (bicyclic) bond motifs is 3. The Balaban J connectivity index is 1.19. The molecule has 0 bridgehead atoms. The molecule has 5 aromatic rings. The smallest absolute Gasteiger partial charge is 0.262 e. The lowest BCUT2D eigenvalue weighted by molar-refractivity contribution is -0.107. The van der Waals surface area contributed by atoms with Crippen molar-refractivity contribution in [2.75, 3.05) is 7.05 Å². The SMILES string of the molecule is Cc1ccc2c(c1)SC(=O)/C2=C1/C(=O)Sc2cc(-c3ccc(-c4sc(-c5ccc(C)o5)c5c4C(=O)N(C)C5=O)o3)ccc21. The van der Waals surface area contributed by atoms with E-state index >= 15 is 0 Å². The van der Waals surface area contributed by atoms with Gasteiger partial charge in [0.25, 0.3) is 11.8 Å². The van der Waals surface area contributed by atoms with Crippen LogP contribution in [0.25, 0.3) is 43.7 Å². The number of carbonyl (C=O) groups excluding carboxylic acids is 4. The second-order valence-corrected chi connectivity index (χ2v) is 13.5. The van der Waals surface area contributed by atoms with Crippen LogP contribution in [0.15, 0.2) is 79.3 Å². The van der Waals surface area contributed by atoms with Crippen molar-refractivity contribution in [1.29, 1.82) is 0 Å². The van der Waals surface area contributed by atoms with Crippen LogP contribution in [0.4, 0.5) is 0 Å². The highest BCUT2D eigenvalue weighted by molar-refractivity contribution is 8.16. The zero-order valence-corrected chi connectivity index (χ0v) is 25.3. The van der Waals surface area contributed by atoms with E-state index < -0.39 is 0 Å². The first kappa shape index (κ1) is 26.3. The number of thioether (sulfide) groups is 2. The number of rotatable bonds is 3. The van der Waals surface area contributed by atoms with Gasteiger partial charge in [-0.1, -0.05) is 24.3 Å². The van der Waals surface area contributed by atoms with Crippen molar-refractivity contribution in [3.8, 4) is 32.6 Å². The van der Waals surface area contributed by atoms with Crippen LogP contribution in [0.2, 0.25) is 0 Å². The quantitative estimate of drug-likeness (QED) is 0.148. The maximum absolute atomic E-state index is 13.2. The van der Waals surface area contributed by atoms with Gasteiger partial charge < -0.3 is 8.83 Å². The topological polar surface area (TPSA) is 97.8 Å². The molecule has 0 saturated carbocycles. The molecule has 7 nitrogen and oxygen atoms in total. The van der Waals surface area contributed by atoms with Gasteiger partial charge in [0.1, 0.15) is 23.0 Å². The molecule has 0 unspecified atom stereocenters. The Morgan fingerprint density at radius 1 is 0.628 bits per heavy atom. The molecule has 6 heterocycles. The molecule has 0 N–H and O–H groups in total. The van der Waals surface area contributed by atoms with Crippen molar-refractivity contribution < 1.29 is 28.0 Å². The van der Waals surface area contributed by atoms with E-state index in [1.165, 1.54) is 18.4 Å². The number of nitrogens with zero attached hydrogens (tertiary/aromatic N) is 1. The van der Waals surface area contributed by atoms with Crippen LogP contribution in [0.1, 0.15) is 43.2 Å². The molecule has 210 valence electrons. The van der Waals surface area contributed by atoms with Crippen LogP contribution in [0.5, 0.6) is 0 Å². The molecule has 0 atom stereocenters. The first-order valence-corrected chi connectivity index (χ1v) is 15.7. The van der Waals surface area contributed by atoms with Crippen LogP contribution < -0.4 is 0 Å². The third-order valence-electron chi connectivity index (χ3n) is 7.74. The Bertz CT molecular complexity index is 2160. The van der Waals surface area contributed by atoms with Gasteiger partial charge in [0.05, 0.1) is 20.9 Å². The van der Waals surface area contributed by atoms with Crippen molar-refractivity contribution in [3.05, 3.63) is 94.2 Å². The minimum atomic E-state index is -0.386. The molecule has 0 saturated heterocycles. The summed E-state index contributed by atoms with van der Waals surface area (Å²) in [7, 11) is 1.47. The Morgan fingerprint density at radius 3 is 1.81 bits per heavy atom. The molecule has 2 aromatic carbocycles. The third-order valence-corrected chi connectivity index (χ3v) is 10.9. The van der Waals surface area contributed by atoms with E-state index in [-0.39, 0.29) is 22.0 Å². The molecule has 8 rings (SSSR count). The van der Waals surface area contributed by atoms with Gasteiger partial charge in [-0.2, -0.15) is 0 Å². The van der Waals surface area contributed by atoms with Gasteiger partial charge >= 0.3 is 0 Å². The lowest BCUT2D eigenvalue weighted by Gasteiger charge is -2.06. The van der Waals surface area contributed by atoms with Gasteiger partial charge in [0, 0.05) is 44.7 Å². The molecule has 0 fully saturated rings. The summed E-state index contributed by atoms with van der Waals surface area (Å²) in [5.74, 6) is 1.46. The highest BCUT2D eigenvalue weighted by atomic mass is 32.2. The number of amides is 2. The van der Waals surface area contributed by atoms with Gasteiger partial charge in [0.15, 0.2) is 0 Å². The highest BCUT2D eigenvalue weighted by Gasteiger charge is 2.42. The van der Waals surface area contributed by atoms with Crippen molar-refractivity contribution in [1.82, 2.24) is 4.90 Å². The van der Waals surface area contributed by atoms with Gasteiger partial charge in [-0.3, -0.25) is 24.1 Å². The Kier molecular flexibility index (Phi) is 5.69. The maximum Gasteiger partial charge on any atom is 0.262 e. The van der Waals surface area contributed by atoms with E-state index in [1.54, 1.807) is 18.2 Å². The molecule has 0 radical (unpaired) electrons. The number of imide groups is 1. The number of thiophene rings is 1. The van der Waals surface area contributed by atoms with Crippen LogP contribution in [0.3, 0.4) is 0 Å². The van der Waals surface area contributed by atoms with Gasteiger partial charge in [0.2, 0.25) is 10.2 Å². The fraction of sp³-hybridized carbons (Fsp3) is 0.0909. The van der Waals surface area contributed by atoms with E-state index in [4.69, 9.17) is 8.83 Å². The molecule has 0 spiro atoms. The fourth-order valence-electron chi connectivity index (χ4n) is 5.67. The van der Waals surface area contributed by atoms with Crippen molar-refractivity contribution in [2.24, 2.45) is 0 Å². The van der Waals surface area contributed by atoms with Crippen LogP contribution in [-0.2, 0) is 9.59 Å². The number of furan rings is 2. The summed E-state index contributed by atoms with van der Waals surface area (Å²) in [5.41, 5.74) is 4.86. The van der Waals surface area contributed by atoms with Crippen LogP contribution >= 0.6 is 34.9 Å². The molecule has 10 heteroatoms. The second kappa shape index (κ2) is 9.31. The molecular formula is C33H19NO6S3. The fourth-order valence-corrected chi connectivity index (χ4v) is 8.89. The molecular weight excluding hydrogens is 603 g/mol. The third kappa shape index (κ3) is 3.83. The van der Waals surface area contributed by atoms with Gasteiger partial charge in [-0.05, 0) is 79.3 Å². The van der Waals surface area contributed by atoms with E-state index in [0.29, 0.717) is 55.1 Å². The second-order valence-electron chi connectivity index (χ2n) is 10.5. The maximum atomic E-state index is 13.2. The molecule has 3 aliphatic heterocycles. The van der Waals surface area contributed by atoms with E-state index in [9.17, 15) is 19.2 Å². The number of carbonyl (C=O) groups is 4. The first-order chi connectivity index (χ1) is 20.7. The number of hydrogen-bond acceptors (Lipinski definition) is 9. The zero-order chi connectivity index (χ0) is 29.7. The lowest BCUT2D eigenvalue weighted by atomic mass is 9.95. The monoisotopic (exact) mass is 621 g/mol. The predicted molar refractivity (Wildman–Crippen MR) is 166 cm³/mol. The number of hydrogen-bond donors (Lipinski definition) is 0. The largest absolute Gasteiger partial charge is 0.461 e. The standard InChI is InChI=1S/C33H19NO6S3/c1-14-4-7-17-22(12-14)41-32(37)24(17)25-18-8-6-16(13-23(18)42-33(25)38)19-10-11-21(40-19)29-27-26(30(35)34(3)31(27)36)28(43-29)20-9-5-15(2)39-20/h4-13H,1-3H3/b25-24+. The zero-order valence-electron chi connectivity index (χ0n) is 22.9. The van der Waals surface area contributed by atoms with Crippen molar-refractivity contribution in [3.63, 3.8) is 0 Å². The van der Waals surface area contributed by atoms with Crippen molar-refractivity contribution >= 4 is 68.1 Å². The minimum Gasteiger partial charge on any atom is -0.461 e. The normalized spacial score (nSPS) is 17.3. The average molecular weight is 622 g/mol. The average Bonchev–Trinajstić information content (AvgIpc) is 3.81. The molecule has 2 amide bonds. The van der Waals surface area contributed by atoms with E-state index in [0.717, 1.165) is 60.5 Å². The Morgan fingerprint density at radius 2 is 1.19 bits per heavy atom. The van der Waals surface area contributed by atoms with Gasteiger partial charge in [-0.15, -0.1) is 11.3 Å². The molecule has 3 aliphatic rings. The van der Waals surface area contributed by atoms with Crippen LogP contribution in [0, 0.1) is 13.8 Å². The highest BCUT2D eigenvalue weighted by Crippen LogP contribution is 2.51. The summed E-state index contributed by atoms with van der Waals surface area (Å²) < 4.78 is 12.1. The van der Waals surface area contributed by atoms with E-state index in [1.807, 2.05) is 56.3 Å².